The third-order valence-electron chi connectivity index (χ3n) is 5.48. The smallest absolute Gasteiger partial charge is 0.244 e. The van der Waals surface area contributed by atoms with E-state index < -0.39 is 10.0 Å². The van der Waals surface area contributed by atoms with Gasteiger partial charge in [0.1, 0.15) is 0 Å². The number of morpholine rings is 2. The molecule has 3 rings (SSSR count). The molecule has 0 atom stereocenters. The standard InChI is InChI=1S/C21H31N3O5S/c1-21(2,23-9-13-28-14-10-23)17-22-20(25)8-5-18-3-6-19(7-4-18)30(26,27)24-11-15-29-16-12-24/h3-8H,9-17H2,1-2H3,(H,22,25)/b8-5+. The third kappa shape index (κ3) is 5.89. The summed E-state index contributed by atoms with van der Waals surface area (Å²) in [6.07, 6.45) is 3.16. The van der Waals surface area contributed by atoms with Crippen molar-refractivity contribution in [3.05, 3.63) is 35.9 Å². The van der Waals surface area contributed by atoms with E-state index >= 15 is 0 Å². The van der Waals surface area contributed by atoms with Crippen LogP contribution in [0.3, 0.4) is 0 Å². The number of hydrogen-bond acceptors (Lipinski definition) is 6. The molecule has 30 heavy (non-hydrogen) atoms. The van der Waals surface area contributed by atoms with E-state index in [2.05, 4.69) is 24.1 Å². The molecule has 2 heterocycles. The topological polar surface area (TPSA) is 88.2 Å². The van der Waals surface area contributed by atoms with E-state index in [1.807, 2.05) is 0 Å². The van der Waals surface area contributed by atoms with Crippen LogP contribution in [0.15, 0.2) is 35.2 Å². The Hall–Kier alpha value is -1.78. The van der Waals surface area contributed by atoms with Crippen molar-refractivity contribution in [2.45, 2.75) is 24.3 Å². The molecule has 166 valence electrons. The Morgan fingerprint density at radius 3 is 2.20 bits per heavy atom. The molecule has 2 saturated heterocycles. The summed E-state index contributed by atoms with van der Waals surface area (Å²) in [6, 6.07) is 6.55. The number of hydrogen-bond donors (Lipinski definition) is 1. The minimum absolute atomic E-state index is 0.150. The fourth-order valence-electron chi connectivity index (χ4n) is 3.50. The third-order valence-corrected chi connectivity index (χ3v) is 7.39. The summed E-state index contributed by atoms with van der Waals surface area (Å²) in [7, 11) is -3.51. The van der Waals surface area contributed by atoms with Crippen LogP contribution >= 0.6 is 0 Å². The summed E-state index contributed by atoms with van der Waals surface area (Å²) in [4.78, 5) is 14.8. The average Bonchev–Trinajstić information content (AvgIpc) is 2.78. The van der Waals surface area contributed by atoms with Crippen LogP contribution in [-0.2, 0) is 24.3 Å². The highest BCUT2D eigenvalue weighted by molar-refractivity contribution is 7.89. The highest BCUT2D eigenvalue weighted by atomic mass is 32.2. The van der Waals surface area contributed by atoms with Gasteiger partial charge in [0.25, 0.3) is 0 Å². The second-order valence-corrected chi connectivity index (χ2v) is 9.99. The number of amides is 1. The van der Waals surface area contributed by atoms with Crippen molar-refractivity contribution >= 4 is 22.0 Å². The Balaban J connectivity index is 1.53. The van der Waals surface area contributed by atoms with E-state index in [0.717, 1.165) is 18.7 Å². The van der Waals surface area contributed by atoms with Gasteiger partial charge in [-0.2, -0.15) is 4.31 Å². The van der Waals surface area contributed by atoms with Crippen LogP contribution in [0.5, 0.6) is 0 Å². The molecule has 2 aliphatic heterocycles. The lowest BCUT2D eigenvalue weighted by Gasteiger charge is -2.40. The lowest BCUT2D eigenvalue weighted by atomic mass is 10.0. The number of nitrogens with zero attached hydrogens (tertiary/aromatic N) is 2. The van der Waals surface area contributed by atoms with E-state index in [0.29, 0.717) is 46.1 Å². The Morgan fingerprint density at radius 1 is 1.03 bits per heavy atom. The molecule has 1 N–H and O–H groups in total. The number of ether oxygens (including phenoxy) is 2. The van der Waals surface area contributed by atoms with Gasteiger partial charge >= 0.3 is 0 Å². The molecule has 0 aliphatic carbocycles. The van der Waals surface area contributed by atoms with E-state index in [1.165, 1.54) is 10.4 Å². The number of carbonyl (C=O) groups excluding carboxylic acids is 1. The van der Waals surface area contributed by atoms with Crippen LogP contribution in [0.1, 0.15) is 19.4 Å². The zero-order chi connectivity index (χ0) is 21.6. The number of carbonyl (C=O) groups is 1. The quantitative estimate of drug-likeness (QED) is 0.639. The Labute approximate surface area is 178 Å². The van der Waals surface area contributed by atoms with E-state index in [9.17, 15) is 13.2 Å². The van der Waals surface area contributed by atoms with Gasteiger partial charge in [0.05, 0.1) is 31.3 Å². The van der Waals surface area contributed by atoms with Gasteiger partial charge in [-0.1, -0.05) is 12.1 Å². The SMILES string of the molecule is CC(C)(CNC(=O)/C=C/c1ccc(S(=O)(=O)N2CCOCC2)cc1)N1CCOCC1. The highest BCUT2D eigenvalue weighted by Gasteiger charge is 2.28. The normalized spacial score (nSPS) is 19.8. The number of benzene rings is 1. The first kappa shape index (κ1) is 22.9. The fourth-order valence-corrected chi connectivity index (χ4v) is 4.91. The number of sulfonamides is 1. The predicted molar refractivity (Wildman–Crippen MR) is 115 cm³/mol. The maximum absolute atomic E-state index is 12.7. The molecule has 1 amide bonds. The van der Waals surface area contributed by atoms with Crippen molar-refractivity contribution in [1.82, 2.24) is 14.5 Å². The largest absolute Gasteiger partial charge is 0.379 e. The van der Waals surface area contributed by atoms with Crippen LogP contribution in [0.4, 0.5) is 0 Å². The van der Waals surface area contributed by atoms with Gasteiger partial charge in [0, 0.05) is 44.3 Å². The Morgan fingerprint density at radius 2 is 1.60 bits per heavy atom. The van der Waals surface area contributed by atoms with Crippen LogP contribution in [0.2, 0.25) is 0 Å². The van der Waals surface area contributed by atoms with Crippen LogP contribution in [0, 0.1) is 0 Å². The molecule has 0 spiro atoms. The zero-order valence-electron chi connectivity index (χ0n) is 17.7. The monoisotopic (exact) mass is 437 g/mol. The van der Waals surface area contributed by atoms with Crippen molar-refractivity contribution in [2.24, 2.45) is 0 Å². The van der Waals surface area contributed by atoms with Gasteiger partial charge in [-0.3, -0.25) is 9.69 Å². The molecule has 0 saturated carbocycles. The van der Waals surface area contributed by atoms with E-state index in [1.54, 1.807) is 30.3 Å². The number of nitrogens with one attached hydrogen (secondary N) is 1. The lowest BCUT2D eigenvalue weighted by Crippen LogP contribution is -2.55. The first-order valence-electron chi connectivity index (χ1n) is 10.3. The Bertz CT molecular complexity index is 840. The maximum atomic E-state index is 12.7. The molecular formula is C21H31N3O5S. The van der Waals surface area contributed by atoms with Gasteiger partial charge in [0.2, 0.25) is 15.9 Å². The molecule has 0 aromatic heterocycles. The van der Waals surface area contributed by atoms with Crippen LogP contribution in [0.25, 0.3) is 6.08 Å². The summed E-state index contributed by atoms with van der Waals surface area (Å²) in [5.74, 6) is -0.179. The molecule has 1 aromatic carbocycles. The van der Waals surface area contributed by atoms with E-state index in [4.69, 9.17) is 9.47 Å². The molecule has 0 unspecified atom stereocenters. The maximum Gasteiger partial charge on any atom is 0.244 e. The minimum atomic E-state index is -3.51. The summed E-state index contributed by atoms with van der Waals surface area (Å²) in [6.45, 7) is 9.46. The van der Waals surface area contributed by atoms with Crippen molar-refractivity contribution < 1.29 is 22.7 Å². The first-order valence-corrected chi connectivity index (χ1v) is 11.7. The number of rotatable bonds is 7. The van der Waals surface area contributed by atoms with E-state index in [-0.39, 0.29) is 16.3 Å². The van der Waals surface area contributed by atoms with Crippen LogP contribution < -0.4 is 5.32 Å². The molecule has 9 heteroatoms. The fraction of sp³-hybridized carbons (Fsp3) is 0.571. The molecule has 2 fully saturated rings. The second-order valence-electron chi connectivity index (χ2n) is 8.05. The summed E-state index contributed by atoms with van der Waals surface area (Å²) < 4.78 is 37.3. The minimum Gasteiger partial charge on any atom is -0.379 e. The van der Waals surface area contributed by atoms with Crippen LogP contribution in [-0.4, -0.2) is 88.2 Å². The van der Waals surface area contributed by atoms with Gasteiger partial charge < -0.3 is 14.8 Å². The van der Waals surface area contributed by atoms with Crippen molar-refractivity contribution in [3.8, 4) is 0 Å². The summed E-state index contributed by atoms with van der Waals surface area (Å²) in [5.41, 5.74) is 0.612. The molecule has 1 aromatic rings. The van der Waals surface area contributed by atoms with Gasteiger partial charge in [0.15, 0.2) is 0 Å². The molecule has 0 bridgehead atoms. The Kier molecular flexibility index (Phi) is 7.65. The predicted octanol–water partition coefficient (Wildman–Crippen LogP) is 0.948. The first-order chi connectivity index (χ1) is 14.3. The molecule has 8 nitrogen and oxygen atoms in total. The molecule has 0 radical (unpaired) electrons. The van der Waals surface area contributed by atoms with Gasteiger partial charge in [-0.15, -0.1) is 0 Å². The van der Waals surface area contributed by atoms with Crippen molar-refractivity contribution in [3.63, 3.8) is 0 Å². The average molecular weight is 438 g/mol. The van der Waals surface area contributed by atoms with Crippen molar-refractivity contribution in [2.75, 3.05) is 59.2 Å². The lowest BCUT2D eigenvalue weighted by molar-refractivity contribution is -0.117. The molecular weight excluding hydrogens is 406 g/mol. The van der Waals surface area contributed by atoms with Gasteiger partial charge in [-0.05, 0) is 37.6 Å². The van der Waals surface area contributed by atoms with Crippen molar-refractivity contribution in [1.29, 1.82) is 0 Å². The zero-order valence-corrected chi connectivity index (χ0v) is 18.5. The molecule has 2 aliphatic rings. The summed E-state index contributed by atoms with van der Waals surface area (Å²) >= 11 is 0. The summed E-state index contributed by atoms with van der Waals surface area (Å²) in [5, 5.41) is 2.95. The second kappa shape index (κ2) is 10.0. The van der Waals surface area contributed by atoms with Gasteiger partial charge in [-0.25, -0.2) is 8.42 Å². The highest BCUT2D eigenvalue weighted by Crippen LogP contribution is 2.18.